The van der Waals surface area contributed by atoms with Gasteiger partial charge in [-0.1, -0.05) is 13.8 Å². The molecule has 0 aliphatic carbocycles. The third kappa shape index (κ3) is 3.56. The van der Waals surface area contributed by atoms with Crippen LogP contribution in [0.5, 0.6) is 0 Å². The van der Waals surface area contributed by atoms with E-state index in [0.29, 0.717) is 12.1 Å². The lowest BCUT2D eigenvalue weighted by molar-refractivity contribution is 0.200. The van der Waals surface area contributed by atoms with Gasteiger partial charge in [0.05, 0.1) is 0 Å². The van der Waals surface area contributed by atoms with Crippen molar-refractivity contribution in [1.29, 1.82) is 0 Å². The monoisotopic (exact) mass is 266 g/mol. The Morgan fingerprint density at radius 2 is 2.06 bits per heavy atom. The summed E-state index contributed by atoms with van der Waals surface area (Å²) in [5.74, 6) is 0. The summed E-state index contributed by atoms with van der Waals surface area (Å²) >= 11 is 1.96. The first-order chi connectivity index (χ1) is 8.72. The largest absolute Gasteiger partial charge is 0.307 e. The number of rotatable bonds is 5. The van der Waals surface area contributed by atoms with Gasteiger partial charge < -0.3 is 10.2 Å². The van der Waals surface area contributed by atoms with Crippen LogP contribution in [-0.2, 0) is 6.42 Å². The molecule has 1 saturated heterocycles. The number of nitrogens with one attached hydrogen (secondary N) is 1. The first-order valence-electron chi connectivity index (χ1n) is 7.30. The lowest BCUT2D eigenvalue weighted by atomic mass is 10.0. The van der Waals surface area contributed by atoms with E-state index < -0.39 is 0 Å². The second-order valence-corrected chi connectivity index (χ2v) is 6.45. The third-order valence-electron chi connectivity index (χ3n) is 3.98. The molecule has 102 valence electrons. The summed E-state index contributed by atoms with van der Waals surface area (Å²) < 4.78 is 0. The van der Waals surface area contributed by atoms with Crippen LogP contribution in [0.2, 0.25) is 0 Å². The minimum absolute atomic E-state index is 0.508. The Balaban J connectivity index is 1.82. The van der Waals surface area contributed by atoms with E-state index in [1.807, 2.05) is 11.3 Å². The molecule has 0 bridgehead atoms. The van der Waals surface area contributed by atoms with Gasteiger partial charge in [-0.15, -0.1) is 11.3 Å². The van der Waals surface area contributed by atoms with Crippen molar-refractivity contribution in [2.45, 2.75) is 52.1 Å². The van der Waals surface area contributed by atoms with Crippen LogP contribution >= 0.6 is 11.3 Å². The van der Waals surface area contributed by atoms with Gasteiger partial charge in [0.25, 0.3) is 0 Å². The number of likely N-dealkylation sites (tertiary alicyclic amines) is 1. The summed E-state index contributed by atoms with van der Waals surface area (Å²) in [6.07, 6.45) is 3.75. The van der Waals surface area contributed by atoms with E-state index in [-0.39, 0.29) is 0 Å². The van der Waals surface area contributed by atoms with Crippen molar-refractivity contribution in [2.24, 2.45) is 0 Å². The van der Waals surface area contributed by atoms with Crippen LogP contribution < -0.4 is 5.32 Å². The van der Waals surface area contributed by atoms with E-state index in [4.69, 9.17) is 0 Å². The van der Waals surface area contributed by atoms with Gasteiger partial charge in [-0.2, -0.15) is 0 Å². The molecule has 1 N–H and O–H groups in total. The fourth-order valence-corrected chi connectivity index (χ4v) is 3.63. The van der Waals surface area contributed by atoms with Crippen LogP contribution in [0.4, 0.5) is 0 Å². The standard InChI is InChI=1S/C15H26N2S/c1-4-14-6-7-15(18-14)12(3)16-13-8-10-17(5-2)11-9-13/h6-7,12-13,16H,4-5,8-11H2,1-3H3. The van der Waals surface area contributed by atoms with Crippen molar-refractivity contribution in [2.75, 3.05) is 19.6 Å². The number of thiophene rings is 1. The summed E-state index contributed by atoms with van der Waals surface area (Å²) in [5.41, 5.74) is 0. The van der Waals surface area contributed by atoms with E-state index in [1.165, 1.54) is 42.2 Å². The maximum absolute atomic E-state index is 3.80. The minimum Gasteiger partial charge on any atom is -0.307 e. The molecule has 1 unspecified atom stereocenters. The number of piperidine rings is 1. The van der Waals surface area contributed by atoms with Gasteiger partial charge in [-0.3, -0.25) is 0 Å². The SMILES string of the molecule is CCc1ccc(C(C)NC2CCN(CC)CC2)s1. The van der Waals surface area contributed by atoms with Crippen LogP contribution in [-0.4, -0.2) is 30.6 Å². The topological polar surface area (TPSA) is 15.3 Å². The molecule has 1 aliphatic heterocycles. The smallest absolute Gasteiger partial charge is 0.0388 e. The molecule has 1 aromatic rings. The Hall–Kier alpha value is -0.380. The van der Waals surface area contributed by atoms with Crippen molar-refractivity contribution in [1.82, 2.24) is 10.2 Å². The second-order valence-electron chi connectivity index (χ2n) is 5.25. The van der Waals surface area contributed by atoms with Gasteiger partial charge in [0.15, 0.2) is 0 Å². The normalized spacial score (nSPS) is 20.2. The Labute approximate surface area is 115 Å². The Bertz CT molecular complexity index is 353. The molecule has 2 heterocycles. The highest BCUT2D eigenvalue weighted by molar-refractivity contribution is 7.12. The summed E-state index contributed by atoms with van der Waals surface area (Å²) in [4.78, 5) is 5.53. The maximum Gasteiger partial charge on any atom is 0.0388 e. The lowest BCUT2D eigenvalue weighted by Crippen LogP contribution is -2.42. The average molecular weight is 266 g/mol. The molecule has 1 atom stereocenters. The Kier molecular flexibility index (Phi) is 5.22. The van der Waals surface area contributed by atoms with Crippen molar-refractivity contribution < 1.29 is 0 Å². The van der Waals surface area contributed by atoms with Crippen molar-refractivity contribution in [3.8, 4) is 0 Å². The van der Waals surface area contributed by atoms with Gasteiger partial charge in [0.1, 0.15) is 0 Å². The molecule has 2 rings (SSSR count). The molecule has 0 saturated carbocycles. The van der Waals surface area contributed by atoms with Crippen LogP contribution in [0.1, 0.15) is 49.4 Å². The molecule has 0 radical (unpaired) electrons. The van der Waals surface area contributed by atoms with Gasteiger partial charge in [-0.25, -0.2) is 0 Å². The van der Waals surface area contributed by atoms with Gasteiger partial charge in [-0.05, 0) is 58.0 Å². The minimum atomic E-state index is 0.508. The highest BCUT2D eigenvalue weighted by Gasteiger charge is 2.20. The molecule has 0 amide bonds. The zero-order valence-corrected chi connectivity index (χ0v) is 12.7. The fraction of sp³-hybridized carbons (Fsp3) is 0.733. The maximum atomic E-state index is 3.80. The van der Waals surface area contributed by atoms with Gasteiger partial charge in [0, 0.05) is 21.8 Å². The summed E-state index contributed by atoms with van der Waals surface area (Å²) in [6.45, 7) is 10.5. The van der Waals surface area contributed by atoms with Crippen LogP contribution in [0.15, 0.2) is 12.1 Å². The average Bonchev–Trinajstić information content (AvgIpc) is 2.88. The molecule has 1 fully saturated rings. The molecule has 0 spiro atoms. The fourth-order valence-electron chi connectivity index (χ4n) is 2.67. The molecular weight excluding hydrogens is 240 g/mol. The summed E-state index contributed by atoms with van der Waals surface area (Å²) in [6, 6.07) is 5.78. The van der Waals surface area contributed by atoms with Gasteiger partial charge >= 0.3 is 0 Å². The van der Waals surface area contributed by atoms with Crippen molar-refractivity contribution in [3.63, 3.8) is 0 Å². The molecule has 2 nitrogen and oxygen atoms in total. The van der Waals surface area contributed by atoms with E-state index in [0.717, 1.165) is 6.42 Å². The van der Waals surface area contributed by atoms with E-state index in [2.05, 4.69) is 43.1 Å². The predicted octanol–water partition coefficient (Wildman–Crippen LogP) is 3.45. The van der Waals surface area contributed by atoms with Crippen molar-refractivity contribution in [3.05, 3.63) is 21.9 Å². The summed E-state index contributed by atoms with van der Waals surface area (Å²) in [7, 11) is 0. The lowest BCUT2D eigenvalue weighted by Gasteiger charge is -2.33. The predicted molar refractivity (Wildman–Crippen MR) is 80.4 cm³/mol. The number of nitrogens with zero attached hydrogens (tertiary/aromatic N) is 1. The van der Waals surface area contributed by atoms with Crippen LogP contribution in [0.25, 0.3) is 0 Å². The second kappa shape index (κ2) is 6.69. The zero-order valence-electron chi connectivity index (χ0n) is 11.9. The van der Waals surface area contributed by atoms with Gasteiger partial charge in [0.2, 0.25) is 0 Å². The highest BCUT2D eigenvalue weighted by Crippen LogP contribution is 2.25. The summed E-state index contributed by atoms with van der Waals surface area (Å²) in [5, 5.41) is 3.80. The molecule has 0 aromatic carbocycles. The number of hydrogen-bond donors (Lipinski definition) is 1. The van der Waals surface area contributed by atoms with Crippen LogP contribution in [0.3, 0.4) is 0 Å². The highest BCUT2D eigenvalue weighted by atomic mass is 32.1. The molecule has 3 heteroatoms. The van der Waals surface area contributed by atoms with E-state index >= 15 is 0 Å². The molecule has 1 aromatic heterocycles. The van der Waals surface area contributed by atoms with E-state index in [1.54, 1.807) is 0 Å². The van der Waals surface area contributed by atoms with E-state index in [9.17, 15) is 0 Å². The first kappa shape index (κ1) is 14.0. The molecule has 18 heavy (non-hydrogen) atoms. The number of aryl methyl sites for hydroxylation is 1. The number of hydrogen-bond acceptors (Lipinski definition) is 3. The molecule has 1 aliphatic rings. The molecular formula is C15H26N2S. The van der Waals surface area contributed by atoms with Crippen LogP contribution in [0, 0.1) is 0 Å². The Morgan fingerprint density at radius 1 is 1.33 bits per heavy atom. The Morgan fingerprint density at radius 3 is 2.61 bits per heavy atom. The zero-order chi connectivity index (χ0) is 13.0. The first-order valence-corrected chi connectivity index (χ1v) is 8.11. The third-order valence-corrected chi connectivity index (χ3v) is 5.39. The van der Waals surface area contributed by atoms with Crippen molar-refractivity contribution >= 4 is 11.3 Å². The quantitative estimate of drug-likeness (QED) is 0.878.